The summed E-state index contributed by atoms with van der Waals surface area (Å²) in [5, 5.41) is 3.51. The summed E-state index contributed by atoms with van der Waals surface area (Å²) in [6.45, 7) is 11.1. The summed E-state index contributed by atoms with van der Waals surface area (Å²) < 4.78 is 0. The van der Waals surface area contributed by atoms with Crippen LogP contribution in [0.4, 0.5) is 5.82 Å². The van der Waals surface area contributed by atoms with Gasteiger partial charge in [0.15, 0.2) is 0 Å². The summed E-state index contributed by atoms with van der Waals surface area (Å²) in [6, 6.07) is 5.30. The maximum Gasteiger partial charge on any atom is 0.128 e. The standard InChI is InChI=1S/C17H30N4/c1-5-9-18-15(3)16-7-8-17(19-12-16)21-11-6-10-20(4)13-14(21)2/h7-8,12,14-15,18H,5-6,9-11,13H2,1-4H3. The van der Waals surface area contributed by atoms with Crippen LogP contribution in [0.5, 0.6) is 0 Å². The zero-order chi connectivity index (χ0) is 15.2. The number of nitrogens with one attached hydrogen (secondary N) is 1. The van der Waals surface area contributed by atoms with Crippen LogP contribution >= 0.6 is 0 Å². The van der Waals surface area contributed by atoms with Gasteiger partial charge in [-0.3, -0.25) is 0 Å². The second kappa shape index (κ2) is 7.76. The second-order valence-electron chi connectivity index (χ2n) is 6.28. The first-order valence-corrected chi connectivity index (χ1v) is 8.26. The molecule has 0 radical (unpaired) electrons. The van der Waals surface area contributed by atoms with Crippen LogP contribution in [0.1, 0.15) is 45.2 Å². The zero-order valence-electron chi connectivity index (χ0n) is 14.0. The van der Waals surface area contributed by atoms with E-state index in [0.717, 1.165) is 31.9 Å². The van der Waals surface area contributed by atoms with Gasteiger partial charge in [-0.15, -0.1) is 0 Å². The van der Waals surface area contributed by atoms with E-state index < -0.39 is 0 Å². The third kappa shape index (κ3) is 4.42. The van der Waals surface area contributed by atoms with E-state index in [1.807, 2.05) is 6.20 Å². The highest BCUT2D eigenvalue weighted by molar-refractivity contribution is 5.41. The monoisotopic (exact) mass is 290 g/mol. The first-order valence-electron chi connectivity index (χ1n) is 8.26. The molecule has 1 fully saturated rings. The minimum Gasteiger partial charge on any atom is -0.353 e. The summed E-state index contributed by atoms with van der Waals surface area (Å²) in [4.78, 5) is 9.57. The molecule has 118 valence electrons. The maximum absolute atomic E-state index is 4.72. The van der Waals surface area contributed by atoms with E-state index in [9.17, 15) is 0 Å². The van der Waals surface area contributed by atoms with Gasteiger partial charge < -0.3 is 15.1 Å². The largest absolute Gasteiger partial charge is 0.353 e. The molecule has 4 heteroatoms. The number of hydrogen-bond acceptors (Lipinski definition) is 4. The molecule has 1 aliphatic rings. The lowest BCUT2D eigenvalue weighted by atomic mass is 10.1. The SMILES string of the molecule is CCCNC(C)c1ccc(N2CCCN(C)CC2C)nc1. The Hall–Kier alpha value is -1.13. The third-order valence-corrected chi connectivity index (χ3v) is 4.31. The second-order valence-corrected chi connectivity index (χ2v) is 6.28. The summed E-state index contributed by atoms with van der Waals surface area (Å²) in [5.74, 6) is 1.12. The minimum absolute atomic E-state index is 0.374. The third-order valence-electron chi connectivity index (χ3n) is 4.31. The Kier molecular flexibility index (Phi) is 6.00. The first-order chi connectivity index (χ1) is 10.1. The van der Waals surface area contributed by atoms with Gasteiger partial charge >= 0.3 is 0 Å². The Morgan fingerprint density at radius 2 is 2.19 bits per heavy atom. The molecule has 0 saturated carbocycles. The number of rotatable bonds is 5. The van der Waals surface area contributed by atoms with Crippen LogP contribution in [0.2, 0.25) is 0 Å². The lowest BCUT2D eigenvalue weighted by molar-refractivity contribution is 0.337. The normalized spacial score (nSPS) is 22.1. The van der Waals surface area contributed by atoms with Gasteiger partial charge in [0.1, 0.15) is 5.82 Å². The molecule has 2 heterocycles. The molecule has 2 unspecified atom stereocenters. The highest BCUT2D eigenvalue weighted by Gasteiger charge is 2.20. The fourth-order valence-corrected chi connectivity index (χ4v) is 3.01. The van der Waals surface area contributed by atoms with Crippen molar-refractivity contribution in [2.45, 2.75) is 45.7 Å². The minimum atomic E-state index is 0.374. The van der Waals surface area contributed by atoms with Gasteiger partial charge in [-0.1, -0.05) is 13.0 Å². The van der Waals surface area contributed by atoms with E-state index in [1.165, 1.54) is 18.5 Å². The number of aromatic nitrogens is 1. The summed E-state index contributed by atoms with van der Waals surface area (Å²) >= 11 is 0. The Morgan fingerprint density at radius 3 is 2.86 bits per heavy atom. The number of nitrogens with zero attached hydrogens (tertiary/aromatic N) is 3. The Bertz CT molecular complexity index is 417. The molecular weight excluding hydrogens is 260 g/mol. The van der Waals surface area contributed by atoms with Crippen LogP contribution in [-0.4, -0.2) is 49.2 Å². The van der Waals surface area contributed by atoms with E-state index in [4.69, 9.17) is 4.98 Å². The maximum atomic E-state index is 4.72. The van der Waals surface area contributed by atoms with Gasteiger partial charge in [-0.05, 0) is 58.5 Å². The number of pyridine rings is 1. The van der Waals surface area contributed by atoms with Crippen molar-refractivity contribution in [3.05, 3.63) is 23.9 Å². The molecule has 1 aliphatic heterocycles. The van der Waals surface area contributed by atoms with E-state index in [1.54, 1.807) is 0 Å². The molecule has 0 bridgehead atoms. The molecule has 0 aromatic carbocycles. The predicted molar refractivity (Wildman–Crippen MR) is 89.9 cm³/mol. The molecule has 0 spiro atoms. The molecule has 1 aromatic heterocycles. The van der Waals surface area contributed by atoms with Crippen LogP contribution in [-0.2, 0) is 0 Å². The van der Waals surface area contributed by atoms with Crippen molar-refractivity contribution in [3.8, 4) is 0 Å². The Balaban J connectivity index is 2.03. The Morgan fingerprint density at radius 1 is 1.38 bits per heavy atom. The molecule has 21 heavy (non-hydrogen) atoms. The molecule has 0 amide bonds. The van der Waals surface area contributed by atoms with Crippen molar-refractivity contribution in [3.63, 3.8) is 0 Å². The van der Waals surface area contributed by atoms with Gasteiger partial charge in [0.2, 0.25) is 0 Å². The van der Waals surface area contributed by atoms with Crippen LogP contribution in [0, 0.1) is 0 Å². The van der Waals surface area contributed by atoms with Crippen molar-refractivity contribution >= 4 is 5.82 Å². The lowest BCUT2D eigenvalue weighted by Crippen LogP contribution is -2.38. The molecule has 0 aliphatic carbocycles. The molecule has 1 N–H and O–H groups in total. The topological polar surface area (TPSA) is 31.4 Å². The number of anilines is 1. The zero-order valence-corrected chi connectivity index (χ0v) is 14.0. The van der Waals surface area contributed by atoms with Crippen LogP contribution in [0.3, 0.4) is 0 Å². The average Bonchev–Trinajstić information content (AvgIpc) is 2.65. The van der Waals surface area contributed by atoms with Crippen LogP contribution in [0.25, 0.3) is 0 Å². The fourth-order valence-electron chi connectivity index (χ4n) is 3.01. The van der Waals surface area contributed by atoms with Gasteiger partial charge in [-0.2, -0.15) is 0 Å². The highest BCUT2D eigenvalue weighted by atomic mass is 15.3. The number of likely N-dealkylation sites (N-methyl/N-ethyl adjacent to an activating group) is 1. The van der Waals surface area contributed by atoms with Gasteiger partial charge in [0.25, 0.3) is 0 Å². The summed E-state index contributed by atoms with van der Waals surface area (Å²) in [7, 11) is 2.21. The predicted octanol–water partition coefficient (Wildman–Crippen LogP) is 2.67. The van der Waals surface area contributed by atoms with Gasteiger partial charge in [0, 0.05) is 31.4 Å². The van der Waals surface area contributed by atoms with E-state index >= 15 is 0 Å². The Labute approximate surface area is 129 Å². The molecule has 4 nitrogen and oxygen atoms in total. The molecule has 1 saturated heterocycles. The lowest BCUT2D eigenvalue weighted by Gasteiger charge is -2.29. The number of hydrogen-bond donors (Lipinski definition) is 1. The molecule has 2 atom stereocenters. The first kappa shape index (κ1) is 16.2. The van der Waals surface area contributed by atoms with Crippen molar-refractivity contribution in [2.24, 2.45) is 0 Å². The van der Waals surface area contributed by atoms with Gasteiger partial charge in [0.05, 0.1) is 0 Å². The molecule has 2 rings (SSSR count). The van der Waals surface area contributed by atoms with Gasteiger partial charge in [-0.25, -0.2) is 4.98 Å². The average molecular weight is 290 g/mol. The van der Waals surface area contributed by atoms with Crippen molar-refractivity contribution in [2.75, 3.05) is 38.1 Å². The molecular formula is C17H30N4. The van der Waals surface area contributed by atoms with E-state index in [-0.39, 0.29) is 0 Å². The van der Waals surface area contributed by atoms with Crippen molar-refractivity contribution < 1.29 is 0 Å². The van der Waals surface area contributed by atoms with E-state index in [2.05, 4.69) is 55.1 Å². The van der Waals surface area contributed by atoms with Crippen molar-refractivity contribution in [1.29, 1.82) is 0 Å². The highest BCUT2D eigenvalue weighted by Crippen LogP contribution is 2.20. The smallest absolute Gasteiger partial charge is 0.128 e. The summed E-state index contributed by atoms with van der Waals surface area (Å²) in [5.41, 5.74) is 1.27. The van der Waals surface area contributed by atoms with Crippen molar-refractivity contribution in [1.82, 2.24) is 15.2 Å². The summed E-state index contributed by atoms with van der Waals surface area (Å²) in [6.07, 6.45) is 4.40. The fraction of sp³-hybridized carbons (Fsp3) is 0.706. The van der Waals surface area contributed by atoms with Crippen LogP contribution in [0.15, 0.2) is 18.3 Å². The van der Waals surface area contributed by atoms with E-state index in [0.29, 0.717) is 12.1 Å². The quantitative estimate of drug-likeness (QED) is 0.903. The molecule has 1 aromatic rings. The van der Waals surface area contributed by atoms with Crippen LogP contribution < -0.4 is 10.2 Å².